The fraction of sp³-hybridized carbons (Fsp3) is 0. The monoisotopic (exact) mass is 426 g/mol. The predicted molar refractivity (Wildman–Crippen MR) is 110 cm³/mol. The number of aromatic nitrogens is 1. The average Bonchev–Trinajstić information content (AvgIpc) is 2.73. The number of nitrogen functional groups attached to an aromatic ring is 1. The van der Waals surface area contributed by atoms with Crippen LogP contribution in [0.1, 0.15) is 0 Å². The first kappa shape index (κ1) is 22.1. The van der Waals surface area contributed by atoms with E-state index in [0.29, 0.717) is 11.1 Å². The van der Waals surface area contributed by atoms with Gasteiger partial charge in [-0.15, -0.1) is 10.2 Å². The Morgan fingerprint density at radius 1 is 0.867 bits per heavy atom. The van der Waals surface area contributed by atoms with Gasteiger partial charge in [0.2, 0.25) is 0 Å². The van der Waals surface area contributed by atoms with Crippen molar-refractivity contribution in [1.82, 2.24) is 4.98 Å². The van der Waals surface area contributed by atoms with Crippen molar-refractivity contribution < 1.29 is 42.5 Å². The molecule has 0 aliphatic heterocycles. The van der Waals surface area contributed by atoms with Gasteiger partial charge in [0.1, 0.15) is 21.5 Å². The van der Waals surface area contributed by atoms with Gasteiger partial charge in [-0.3, -0.25) is 4.98 Å². The molecule has 0 atom stereocenters. The maximum absolute atomic E-state index is 11.7. The van der Waals surface area contributed by atoms with Crippen molar-refractivity contribution in [2.45, 2.75) is 4.90 Å². The van der Waals surface area contributed by atoms with Crippen molar-refractivity contribution in [2.24, 2.45) is 10.2 Å². The molecule has 3 aromatic carbocycles. The number of hydrogen-bond acceptors (Lipinski definition) is 7. The summed E-state index contributed by atoms with van der Waals surface area (Å²) in [5.41, 5.74) is 8.69. The molecule has 1 heterocycles. The van der Waals surface area contributed by atoms with Crippen LogP contribution in [0.2, 0.25) is 0 Å². The van der Waals surface area contributed by atoms with Crippen LogP contribution >= 0.6 is 0 Å². The molecule has 144 valence electrons. The normalized spacial score (nSPS) is 11.5. The van der Waals surface area contributed by atoms with Gasteiger partial charge >= 0.3 is 29.6 Å². The third-order valence-electron chi connectivity index (χ3n) is 4.39. The van der Waals surface area contributed by atoms with Gasteiger partial charge in [-0.25, -0.2) is 8.42 Å². The number of nitrogens with zero attached hydrogens (tertiary/aromatic N) is 3. The number of anilines is 1. The zero-order valence-electron chi connectivity index (χ0n) is 16.1. The Hall–Kier alpha value is -2.62. The molecule has 0 amide bonds. The first-order valence-electron chi connectivity index (χ1n) is 8.64. The van der Waals surface area contributed by atoms with Crippen LogP contribution in [-0.4, -0.2) is 18.0 Å². The molecule has 0 fully saturated rings. The van der Waals surface area contributed by atoms with Gasteiger partial charge in [-0.05, 0) is 18.2 Å². The second-order valence-electron chi connectivity index (χ2n) is 6.27. The number of azo groups is 1. The number of hydrogen-bond donors (Lipinski definition) is 1. The first-order chi connectivity index (χ1) is 13.9. The average molecular weight is 426 g/mol. The van der Waals surface area contributed by atoms with Crippen molar-refractivity contribution in [3.63, 3.8) is 0 Å². The van der Waals surface area contributed by atoms with Gasteiger partial charge in [0.15, 0.2) is 0 Å². The SMILES string of the molecule is Nc1c(N=Nc2ccc(-c3ccccc3)nc2)cc(S(=O)(=O)[O-])c2ccccc12.[Na+]. The van der Waals surface area contributed by atoms with E-state index in [2.05, 4.69) is 15.2 Å². The standard InChI is InChI=1S/C21H16N4O3S.Na/c22-21-17-9-5-4-8-16(17)20(29(26,27)28)12-19(21)25-24-15-10-11-18(23-13-15)14-6-2-1-3-7-14;/h1-13H,22H2,(H,26,27,28);/q;+1/p-1. The van der Waals surface area contributed by atoms with Crippen LogP contribution in [0.25, 0.3) is 22.0 Å². The summed E-state index contributed by atoms with van der Waals surface area (Å²) in [5.74, 6) is 0. The van der Waals surface area contributed by atoms with E-state index in [-0.39, 0.29) is 51.2 Å². The molecule has 9 heteroatoms. The van der Waals surface area contributed by atoms with Crippen molar-refractivity contribution in [3.05, 3.63) is 79.0 Å². The van der Waals surface area contributed by atoms with Crippen LogP contribution in [0.15, 0.2) is 94.1 Å². The van der Waals surface area contributed by atoms with Crippen molar-refractivity contribution in [1.29, 1.82) is 0 Å². The zero-order valence-corrected chi connectivity index (χ0v) is 18.9. The molecule has 0 aliphatic carbocycles. The minimum absolute atomic E-state index is 0. The summed E-state index contributed by atoms with van der Waals surface area (Å²) >= 11 is 0. The van der Waals surface area contributed by atoms with Crippen molar-refractivity contribution in [2.75, 3.05) is 5.73 Å². The molecule has 0 saturated carbocycles. The summed E-state index contributed by atoms with van der Waals surface area (Å²) in [6.45, 7) is 0. The van der Waals surface area contributed by atoms with E-state index in [0.717, 1.165) is 17.3 Å². The van der Waals surface area contributed by atoms with E-state index in [1.54, 1.807) is 36.5 Å². The van der Waals surface area contributed by atoms with E-state index >= 15 is 0 Å². The number of benzene rings is 3. The molecule has 0 aliphatic rings. The van der Waals surface area contributed by atoms with Gasteiger partial charge < -0.3 is 10.3 Å². The molecule has 4 aromatic rings. The summed E-state index contributed by atoms with van der Waals surface area (Å²) in [6.07, 6.45) is 1.55. The summed E-state index contributed by atoms with van der Waals surface area (Å²) in [5, 5.41) is 8.83. The molecule has 7 nitrogen and oxygen atoms in total. The summed E-state index contributed by atoms with van der Waals surface area (Å²) in [4.78, 5) is 3.98. The zero-order chi connectivity index (χ0) is 20.4. The van der Waals surface area contributed by atoms with Crippen LogP contribution in [0.5, 0.6) is 0 Å². The van der Waals surface area contributed by atoms with E-state index in [1.165, 1.54) is 6.07 Å². The Labute approximate surface area is 195 Å². The van der Waals surface area contributed by atoms with Crippen LogP contribution in [-0.2, 0) is 10.1 Å². The molecule has 2 N–H and O–H groups in total. The Morgan fingerprint density at radius 2 is 1.53 bits per heavy atom. The van der Waals surface area contributed by atoms with Crippen LogP contribution in [0.4, 0.5) is 17.1 Å². The maximum Gasteiger partial charge on any atom is 1.00 e. The Bertz CT molecular complexity index is 1330. The second kappa shape index (κ2) is 9.03. The number of rotatable bonds is 4. The van der Waals surface area contributed by atoms with E-state index < -0.39 is 10.1 Å². The third-order valence-corrected chi connectivity index (χ3v) is 5.26. The number of pyridine rings is 1. The molecular formula is C21H15N4NaO3S. The fourth-order valence-electron chi connectivity index (χ4n) is 2.98. The Balaban J connectivity index is 0.00000256. The smallest absolute Gasteiger partial charge is 0.744 e. The topological polar surface area (TPSA) is 121 Å². The second-order valence-corrected chi connectivity index (χ2v) is 7.62. The van der Waals surface area contributed by atoms with Gasteiger partial charge in [0.05, 0.1) is 22.5 Å². The minimum atomic E-state index is -4.71. The predicted octanol–water partition coefficient (Wildman–Crippen LogP) is 1.81. The minimum Gasteiger partial charge on any atom is -0.744 e. The van der Waals surface area contributed by atoms with Gasteiger partial charge in [0, 0.05) is 16.3 Å². The third kappa shape index (κ3) is 4.58. The van der Waals surface area contributed by atoms with Crippen molar-refractivity contribution in [3.8, 4) is 11.3 Å². The van der Waals surface area contributed by atoms with Crippen LogP contribution in [0, 0.1) is 0 Å². The Kier molecular flexibility index (Phi) is 6.64. The molecule has 0 bridgehead atoms. The summed E-state index contributed by atoms with van der Waals surface area (Å²) < 4.78 is 35.0. The number of nitrogens with two attached hydrogens (primary N) is 1. The molecule has 30 heavy (non-hydrogen) atoms. The van der Waals surface area contributed by atoms with Gasteiger partial charge in [-0.2, -0.15) is 0 Å². The van der Waals surface area contributed by atoms with Crippen LogP contribution < -0.4 is 35.3 Å². The first-order valence-corrected chi connectivity index (χ1v) is 10.0. The van der Waals surface area contributed by atoms with Crippen molar-refractivity contribution >= 4 is 38.0 Å². The molecule has 0 unspecified atom stereocenters. The van der Waals surface area contributed by atoms with E-state index in [1.807, 2.05) is 30.3 Å². The molecule has 0 radical (unpaired) electrons. The molecular weight excluding hydrogens is 411 g/mol. The Morgan fingerprint density at radius 3 is 2.17 bits per heavy atom. The fourth-order valence-corrected chi connectivity index (χ4v) is 3.68. The number of fused-ring (bicyclic) bond motifs is 1. The maximum atomic E-state index is 11.7. The van der Waals surface area contributed by atoms with E-state index in [4.69, 9.17) is 5.73 Å². The van der Waals surface area contributed by atoms with Crippen LogP contribution in [0.3, 0.4) is 0 Å². The molecule has 0 saturated heterocycles. The summed E-state index contributed by atoms with van der Waals surface area (Å²) in [6, 6.07) is 20.9. The van der Waals surface area contributed by atoms with Gasteiger partial charge in [-0.1, -0.05) is 54.6 Å². The quantitative estimate of drug-likeness (QED) is 0.231. The molecule has 4 rings (SSSR count). The molecule has 1 aromatic heterocycles. The molecule has 0 spiro atoms. The van der Waals surface area contributed by atoms with E-state index in [9.17, 15) is 13.0 Å². The summed E-state index contributed by atoms with van der Waals surface area (Å²) in [7, 11) is -4.71. The van der Waals surface area contributed by atoms with Gasteiger partial charge in [0.25, 0.3) is 0 Å². The largest absolute Gasteiger partial charge is 1.00 e.